The molecule has 1 aliphatic rings. The fourth-order valence-electron chi connectivity index (χ4n) is 3.02. The van der Waals surface area contributed by atoms with Crippen molar-refractivity contribution in [3.63, 3.8) is 0 Å². The van der Waals surface area contributed by atoms with Crippen molar-refractivity contribution < 1.29 is 14.4 Å². The number of ether oxygens (including phenoxy) is 1. The van der Waals surface area contributed by atoms with E-state index in [9.17, 15) is 4.79 Å². The first-order valence-electron chi connectivity index (χ1n) is 7.77. The minimum Gasteiger partial charge on any atom is -0.454 e. The molecular formula is C17H25NO3. The number of rotatable bonds is 5. The molecule has 2 atom stereocenters. The smallest absolute Gasteiger partial charge is 0.306 e. The highest BCUT2D eigenvalue weighted by Gasteiger charge is 2.45. The molecule has 0 saturated carbocycles. The summed E-state index contributed by atoms with van der Waals surface area (Å²) in [6.45, 7) is 8.15. The van der Waals surface area contributed by atoms with E-state index >= 15 is 0 Å². The monoisotopic (exact) mass is 291 g/mol. The molecule has 2 rings (SSSR count). The molecule has 21 heavy (non-hydrogen) atoms. The van der Waals surface area contributed by atoms with Crippen molar-refractivity contribution in [3.05, 3.63) is 35.9 Å². The van der Waals surface area contributed by atoms with E-state index in [2.05, 4.69) is 19.1 Å². The average Bonchev–Trinajstić information content (AvgIpc) is 2.51. The molecule has 4 heteroatoms. The highest BCUT2D eigenvalue weighted by molar-refractivity contribution is 5.69. The summed E-state index contributed by atoms with van der Waals surface area (Å²) in [5, 5.41) is 1.98. The second-order valence-electron chi connectivity index (χ2n) is 5.54. The summed E-state index contributed by atoms with van der Waals surface area (Å²) < 4.78 is 5.93. The van der Waals surface area contributed by atoms with Crippen LogP contribution in [0.2, 0.25) is 0 Å². The van der Waals surface area contributed by atoms with Gasteiger partial charge in [0.05, 0.1) is 6.61 Å². The van der Waals surface area contributed by atoms with E-state index in [1.165, 1.54) is 0 Å². The van der Waals surface area contributed by atoms with Crippen molar-refractivity contribution in [1.82, 2.24) is 5.06 Å². The van der Waals surface area contributed by atoms with Crippen molar-refractivity contribution in [2.24, 2.45) is 5.92 Å². The van der Waals surface area contributed by atoms with Crippen LogP contribution in [0.5, 0.6) is 0 Å². The Labute approximate surface area is 127 Å². The topological polar surface area (TPSA) is 38.8 Å². The summed E-state index contributed by atoms with van der Waals surface area (Å²) in [5.41, 5.74) is 0.539. The lowest BCUT2D eigenvalue weighted by Gasteiger charge is -2.45. The van der Waals surface area contributed by atoms with Crippen LogP contribution in [0.4, 0.5) is 0 Å². The number of carbonyl (C=O) groups is 1. The largest absolute Gasteiger partial charge is 0.454 e. The van der Waals surface area contributed by atoms with Crippen molar-refractivity contribution in [3.8, 4) is 0 Å². The molecule has 1 aliphatic heterocycles. The Morgan fingerprint density at radius 1 is 1.33 bits per heavy atom. The minimum atomic E-state index is -0.540. The second-order valence-corrected chi connectivity index (χ2v) is 5.54. The van der Waals surface area contributed by atoms with Gasteiger partial charge in [0.2, 0.25) is 0 Å². The zero-order chi connectivity index (χ0) is 15.3. The van der Waals surface area contributed by atoms with E-state index < -0.39 is 5.60 Å². The number of hydroxylamine groups is 2. The molecule has 0 aliphatic carbocycles. The van der Waals surface area contributed by atoms with Gasteiger partial charge < -0.3 is 4.74 Å². The summed E-state index contributed by atoms with van der Waals surface area (Å²) in [5.74, 6) is 0.0336. The number of carbonyl (C=O) groups excluding carboxylic acids is 1. The van der Waals surface area contributed by atoms with Gasteiger partial charge in [0.15, 0.2) is 0 Å². The van der Waals surface area contributed by atoms with Crippen molar-refractivity contribution in [1.29, 1.82) is 0 Å². The third kappa shape index (κ3) is 3.44. The zero-order valence-corrected chi connectivity index (χ0v) is 13.2. The molecule has 1 saturated heterocycles. The lowest BCUT2D eigenvalue weighted by atomic mass is 9.77. The molecule has 0 spiro atoms. The highest BCUT2D eigenvalue weighted by atomic mass is 16.7. The summed E-state index contributed by atoms with van der Waals surface area (Å²) in [6, 6.07) is 10.1. The van der Waals surface area contributed by atoms with Gasteiger partial charge in [-0.1, -0.05) is 44.2 Å². The SMILES string of the molecule is CCON1CCC(OC(=O)CC)(c2ccccc2)C(C)C1. The Morgan fingerprint density at radius 3 is 2.62 bits per heavy atom. The van der Waals surface area contributed by atoms with Crippen molar-refractivity contribution >= 4 is 5.97 Å². The first-order chi connectivity index (χ1) is 10.1. The maximum Gasteiger partial charge on any atom is 0.306 e. The van der Waals surface area contributed by atoms with E-state index in [1.54, 1.807) is 0 Å². The quantitative estimate of drug-likeness (QED) is 0.781. The van der Waals surface area contributed by atoms with Gasteiger partial charge in [0.1, 0.15) is 5.60 Å². The van der Waals surface area contributed by atoms with Crippen LogP contribution in [0.3, 0.4) is 0 Å². The molecule has 2 unspecified atom stereocenters. The van der Waals surface area contributed by atoms with Crippen LogP contribution in [-0.2, 0) is 20.0 Å². The van der Waals surface area contributed by atoms with Crippen LogP contribution in [0.25, 0.3) is 0 Å². The van der Waals surface area contributed by atoms with Gasteiger partial charge in [0, 0.05) is 31.8 Å². The predicted molar refractivity (Wildman–Crippen MR) is 81.5 cm³/mol. The average molecular weight is 291 g/mol. The van der Waals surface area contributed by atoms with Gasteiger partial charge in [-0.05, 0) is 12.5 Å². The Bertz CT molecular complexity index is 462. The van der Waals surface area contributed by atoms with Crippen molar-refractivity contribution in [2.75, 3.05) is 19.7 Å². The molecule has 1 fully saturated rings. The summed E-state index contributed by atoms with van der Waals surface area (Å²) >= 11 is 0. The van der Waals surface area contributed by atoms with Crippen LogP contribution < -0.4 is 0 Å². The molecule has 0 bridgehead atoms. The van der Waals surface area contributed by atoms with E-state index in [-0.39, 0.29) is 11.9 Å². The molecule has 0 radical (unpaired) electrons. The molecule has 1 aromatic carbocycles. The maximum absolute atomic E-state index is 11.9. The minimum absolute atomic E-state index is 0.143. The van der Waals surface area contributed by atoms with Crippen LogP contribution in [0.1, 0.15) is 39.2 Å². The molecule has 116 valence electrons. The Hall–Kier alpha value is -1.39. The fraction of sp³-hybridized carbons (Fsp3) is 0.588. The molecule has 1 aromatic rings. The Kier molecular flexibility index (Phi) is 5.37. The van der Waals surface area contributed by atoms with E-state index in [0.717, 1.165) is 25.1 Å². The van der Waals surface area contributed by atoms with Crippen LogP contribution in [-0.4, -0.2) is 30.7 Å². The van der Waals surface area contributed by atoms with Gasteiger partial charge in [0.25, 0.3) is 0 Å². The first kappa shape index (κ1) is 16.0. The fourth-order valence-corrected chi connectivity index (χ4v) is 3.02. The van der Waals surface area contributed by atoms with Gasteiger partial charge in [-0.2, -0.15) is 5.06 Å². The third-order valence-electron chi connectivity index (χ3n) is 4.16. The maximum atomic E-state index is 11.9. The molecule has 4 nitrogen and oxygen atoms in total. The van der Waals surface area contributed by atoms with Crippen LogP contribution in [0.15, 0.2) is 30.3 Å². The van der Waals surface area contributed by atoms with E-state index in [4.69, 9.17) is 9.57 Å². The summed E-state index contributed by atoms with van der Waals surface area (Å²) in [4.78, 5) is 17.6. The predicted octanol–water partition coefficient (Wildman–Crippen LogP) is 3.13. The number of hydrogen-bond donors (Lipinski definition) is 0. The third-order valence-corrected chi connectivity index (χ3v) is 4.16. The molecule has 0 aromatic heterocycles. The Balaban J connectivity index is 2.27. The van der Waals surface area contributed by atoms with Gasteiger partial charge in [-0.15, -0.1) is 0 Å². The second kappa shape index (κ2) is 7.05. The highest BCUT2D eigenvalue weighted by Crippen LogP contribution is 2.41. The Morgan fingerprint density at radius 2 is 2.05 bits per heavy atom. The number of nitrogens with zero attached hydrogens (tertiary/aromatic N) is 1. The summed E-state index contributed by atoms with van der Waals surface area (Å²) in [7, 11) is 0. The standard InChI is InChI=1S/C17H25NO3/c1-4-16(19)21-17(15-9-7-6-8-10-15)11-12-18(20-5-2)13-14(17)3/h6-10,14H,4-5,11-13H2,1-3H3. The molecular weight excluding hydrogens is 266 g/mol. The number of esters is 1. The van der Waals surface area contributed by atoms with Crippen LogP contribution >= 0.6 is 0 Å². The number of piperidine rings is 1. The zero-order valence-electron chi connectivity index (χ0n) is 13.2. The number of benzene rings is 1. The van der Waals surface area contributed by atoms with Gasteiger partial charge in [-0.25, -0.2) is 0 Å². The molecule has 0 N–H and O–H groups in total. The lowest BCUT2D eigenvalue weighted by Crippen LogP contribution is -2.51. The first-order valence-corrected chi connectivity index (χ1v) is 7.77. The normalized spacial score (nSPS) is 26.5. The molecule has 0 amide bonds. The van der Waals surface area contributed by atoms with E-state index in [0.29, 0.717) is 13.0 Å². The van der Waals surface area contributed by atoms with Crippen LogP contribution in [0, 0.1) is 5.92 Å². The lowest BCUT2D eigenvalue weighted by molar-refractivity contribution is -0.222. The van der Waals surface area contributed by atoms with Gasteiger partial charge in [-0.3, -0.25) is 9.63 Å². The molecule has 1 heterocycles. The van der Waals surface area contributed by atoms with Crippen molar-refractivity contribution in [2.45, 2.75) is 39.2 Å². The number of hydrogen-bond acceptors (Lipinski definition) is 4. The van der Waals surface area contributed by atoms with E-state index in [1.807, 2.05) is 37.1 Å². The summed E-state index contributed by atoms with van der Waals surface area (Å²) in [6.07, 6.45) is 1.15. The van der Waals surface area contributed by atoms with Gasteiger partial charge >= 0.3 is 5.97 Å².